The van der Waals surface area contributed by atoms with Gasteiger partial charge in [0.1, 0.15) is 0 Å². The Hall–Kier alpha value is -12.5. The molecule has 0 spiro atoms. The first-order valence-electron chi connectivity index (χ1n) is 31.0. The number of nitrogens with zero attached hydrogens (tertiary/aromatic N) is 7. The fourth-order valence-corrected chi connectivity index (χ4v) is 13.2. The Bertz CT molecular complexity index is 5240. The first-order valence-corrected chi connectivity index (χ1v) is 31.0. The van der Waals surface area contributed by atoms with Crippen LogP contribution in [0.3, 0.4) is 0 Å². The number of para-hydroxylation sites is 1. The van der Waals surface area contributed by atoms with Gasteiger partial charge in [0.25, 0.3) is 0 Å². The number of aromatic nitrogens is 7. The third kappa shape index (κ3) is 9.78. The van der Waals surface area contributed by atoms with E-state index in [2.05, 4.69) is 312 Å². The topological polar surface area (TPSA) is 74.3 Å². The summed E-state index contributed by atoms with van der Waals surface area (Å²) in [6.45, 7) is 0. The van der Waals surface area contributed by atoms with Gasteiger partial charge in [0.15, 0.2) is 11.6 Å². The van der Waals surface area contributed by atoms with Crippen LogP contribution in [0.4, 0.5) is 0 Å². The summed E-state index contributed by atoms with van der Waals surface area (Å²) < 4.78 is 4.88. The summed E-state index contributed by atoms with van der Waals surface area (Å²) in [6.07, 6.45) is 0. The molecule has 0 aliphatic carbocycles. The highest BCUT2D eigenvalue weighted by molar-refractivity contribution is 6.14. The average molecular weight is 1170 g/mol. The molecule has 0 fully saturated rings. The Kier molecular flexibility index (Phi) is 13.4. The van der Waals surface area contributed by atoms with Crippen molar-refractivity contribution in [1.82, 2.24) is 34.1 Å². The molecule has 0 atom stereocenters. The molecule has 0 amide bonds. The summed E-state index contributed by atoms with van der Waals surface area (Å²) in [7, 11) is 0. The molecule has 0 unspecified atom stereocenters. The number of hydrogen-bond donors (Lipinski definition) is 0. The van der Waals surface area contributed by atoms with E-state index in [4.69, 9.17) is 24.9 Å². The summed E-state index contributed by atoms with van der Waals surface area (Å²) in [5, 5.41) is 4.43. The lowest BCUT2D eigenvalue weighted by atomic mass is 9.97. The van der Waals surface area contributed by atoms with Crippen LogP contribution in [-0.2, 0) is 0 Å². The standard InChI is InChI=1S/C85H55N7/c1-8-25-56(26-9-1)63-43-46-80-69(49-63)70-50-64(57-27-10-2-11-28-57)44-47-81(70)91(80)66-52-71(77-54-75(59-31-14-4-15-32-59)87-84(89-77)61-35-18-6-19-36-61)83(72(53-66)78-55-76(60-33-16-5-17-34-60)88-85(90-78)62-37-20-7-21-38-62)92-79-42-23-22-39-67(79)68-51-65(45-48-82(68)92)74-41-24-40-73(86-74)58-29-12-3-13-30-58/h1-55H. The maximum atomic E-state index is 5.74. The van der Waals surface area contributed by atoms with Gasteiger partial charge in [-0.1, -0.05) is 255 Å². The van der Waals surface area contributed by atoms with Crippen molar-refractivity contribution in [2.45, 2.75) is 0 Å². The minimum absolute atomic E-state index is 0.607. The monoisotopic (exact) mass is 1170 g/mol. The highest BCUT2D eigenvalue weighted by atomic mass is 15.0. The predicted molar refractivity (Wildman–Crippen MR) is 378 cm³/mol. The van der Waals surface area contributed by atoms with Crippen LogP contribution in [-0.4, -0.2) is 34.1 Å². The molecule has 0 radical (unpaired) electrons. The molecule has 0 saturated carbocycles. The van der Waals surface area contributed by atoms with E-state index in [0.717, 1.165) is 156 Å². The van der Waals surface area contributed by atoms with Gasteiger partial charge in [-0.25, -0.2) is 24.9 Å². The molecule has 0 aliphatic rings. The van der Waals surface area contributed by atoms with Crippen LogP contribution in [0.25, 0.3) is 168 Å². The molecule has 430 valence electrons. The van der Waals surface area contributed by atoms with Crippen molar-refractivity contribution in [3.63, 3.8) is 0 Å². The van der Waals surface area contributed by atoms with E-state index in [1.165, 1.54) is 0 Å². The van der Waals surface area contributed by atoms with E-state index in [-0.39, 0.29) is 0 Å². The normalized spacial score (nSPS) is 11.5. The van der Waals surface area contributed by atoms with E-state index in [0.29, 0.717) is 11.6 Å². The van der Waals surface area contributed by atoms with E-state index < -0.39 is 0 Å². The lowest BCUT2D eigenvalue weighted by molar-refractivity contribution is 1.12. The number of benzene rings is 12. The minimum atomic E-state index is 0.607. The van der Waals surface area contributed by atoms with E-state index in [1.54, 1.807) is 0 Å². The fourth-order valence-electron chi connectivity index (χ4n) is 13.2. The Morgan fingerprint density at radius 2 is 0.522 bits per heavy atom. The van der Waals surface area contributed by atoms with Crippen LogP contribution in [0.5, 0.6) is 0 Å². The summed E-state index contributed by atoms with van der Waals surface area (Å²) in [6, 6.07) is 118. The van der Waals surface area contributed by atoms with Gasteiger partial charge in [0.2, 0.25) is 0 Å². The van der Waals surface area contributed by atoms with Gasteiger partial charge in [-0.15, -0.1) is 0 Å². The molecule has 5 aromatic heterocycles. The van der Waals surface area contributed by atoms with E-state index in [1.807, 2.05) is 30.3 Å². The Balaban J connectivity index is 1.03. The van der Waals surface area contributed by atoms with Crippen molar-refractivity contribution in [3.8, 4) is 124 Å². The third-order valence-corrected chi connectivity index (χ3v) is 17.6. The molecule has 12 aromatic carbocycles. The average Bonchev–Trinajstić information content (AvgIpc) is 1.52. The van der Waals surface area contributed by atoms with Crippen molar-refractivity contribution in [3.05, 3.63) is 334 Å². The zero-order valence-electron chi connectivity index (χ0n) is 49.9. The molecule has 7 nitrogen and oxygen atoms in total. The van der Waals surface area contributed by atoms with E-state index >= 15 is 0 Å². The van der Waals surface area contributed by atoms with Crippen molar-refractivity contribution in [2.75, 3.05) is 0 Å². The zero-order valence-corrected chi connectivity index (χ0v) is 49.9. The predicted octanol–water partition coefficient (Wildman–Crippen LogP) is 21.5. The van der Waals surface area contributed by atoms with Gasteiger partial charge < -0.3 is 9.13 Å². The molecule has 0 saturated heterocycles. The van der Waals surface area contributed by atoms with Crippen molar-refractivity contribution in [2.24, 2.45) is 0 Å². The van der Waals surface area contributed by atoms with Crippen LogP contribution < -0.4 is 0 Å². The Morgan fingerprint density at radius 1 is 0.185 bits per heavy atom. The quantitative estimate of drug-likeness (QED) is 0.122. The molecular weight excluding hydrogens is 1120 g/mol. The van der Waals surface area contributed by atoms with Crippen LogP contribution in [0.15, 0.2) is 334 Å². The lowest BCUT2D eigenvalue weighted by Gasteiger charge is -2.22. The minimum Gasteiger partial charge on any atom is -0.309 e. The van der Waals surface area contributed by atoms with Crippen LogP contribution in [0.2, 0.25) is 0 Å². The maximum absolute atomic E-state index is 5.74. The molecule has 17 rings (SSSR count). The van der Waals surface area contributed by atoms with Gasteiger partial charge in [0.05, 0.1) is 61.9 Å². The maximum Gasteiger partial charge on any atom is 0.160 e. The highest BCUT2D eigenvalue weighted by Crippen LogP contribution is 2.47. The third-order valence-electron chi connectivity index (χ3n) is 17.6. The second-order valence-electron chi connectivity index (χ2n) is 23.2. The molecule has 0 bridgehead atoms. The largest absolute Gasteiger partial charge is 0.309 e. The molecule has 0 N–H and O–H groups in total. The number of hydrogen-bond acceptors (Lipinski definition) is 5. The first kappa shape index (κ1) is 53.8. The SMILES string of the molecule is c1ccc(-c2ccc3c(c2)c2cc(-c4ccccc4)ccc2n3-c2cc(-c3cc(-c4ccccc4)nc(-c4ccccc4)n3)c(-n3c4ccccc4c4cc(-c5cccc(-c6ccccc6)n5)ccc43)c(-c3cc(-c4ccccc4)nc(-c4ccccc4)n3)c2)cc1. The van der Waals surface area contributed by atoms with E-state index in [9.17, 15) is 0 Å². The van der Waals surface area contributed by atoms with Crippen LogP contribution in [0, 0.1) is 0 Å². The highest BCUT2D eigenvalue weighted by Gasteiger charge is 2.27. The summed E-state index contributed by atoms with van der Waals surface area (Å²) >= 11 is 0. The van der Waals surface area contributed by atoms with Gasteiger partial charge in [0, 0.05) is 71.7 Å². The lowest BCUT2D eigenvalue weighted by Crippen LogP contribution is -2.07. The summed E-state index contributed by atoms with van der Waals surface area (Å²) in [5.41, 5.74) is 23.0. The molecule has 0 aliphatic heterocycles. The zero-order chi connectivity index (χ0) is 60.9. The van der Waals surface area contributed by atoms with Crippen LogP contribution in [0.1, 0.15) is 0 Å². The number of fused-ring (bicyclic) bond motifs is 6. The summed E-state index contributed by atoms with van der Waals surface area (Å²) in [5.74, 6) is 1.21. The molecular formula is C85H55N7. The van der Waals surface area contributed by atoms with Gasteiger partial charge >= 0.3 is 0 Å². The molecule has 92 heavy (non-hydrogen) atoms. The van der Waals surface area contributed by atoms with Gasteiger partial charge in [-0.05, 0) is 101 Å². The molecule has 5 heterocycles. The second-order valence-corrected chi connectivity index (χ2v) is 23.2. The summed E-state index contributed by atoms with van der Waals surface area (Å²) in [4.78, 5) is 27.6. The van der Waals surface area contributed by atoms with Gasteiger partial charge in [-0.3, -0.25) is 0 Å². The van der Waals surface area contributed by atoms with Crippen molar-refractivity contribution >= 4 is 43.6 Å². The second kappa shape index (κ2) is 22.9. The van der Waals surface area contributed by atoms with Gasteiger partial charge in [-0.2, -0.15) is 0 Å². The Morgan fingerprint density at radius 3 is 0.989 bits per heavy atom. The molecule has 7 heteroatoms. The number of rotatable bonds is 12. The Labute approximate surface area is 532 Å². The van der Waals surface area contributed by atoms with Crippen molar-refractivity contribution < 1.29 is 0 Å². The van der Waals surface area contributed by atoms with Crippen LogP contribution >= 0.6 is 0 Å². The number of pyridine rings is 1. The smallest absolute Gasteiger partial charge is 0.160 e. The fraction of sp³-hybridized carbons (Fsp3) is 0. The van der Waals surface area contributed by atoms with Crippen molar-refractivity contribution in [1.29, 1.82) is 0 Å². The molecule has 17 aromatic rings. The first-order chi connectivity index (χ1) is 45.6.